The number of hydrogen-bond acceptors (Lipinski definition) is 5. The quantitative estimate of drug-likeness (QED) is 0.596. The lowest BCUT2D eigenvalue weighted by Crippen LogP contribution is -2.40. The lowest BCUT2D eigenvalue weighted by molar-refractivity contribution is -0.144. The molecule has 0 aromatic carbocycles. The third-order valence-electron chi connectivity index (χ3n) is 2.87. The van der Waals surface area contributed by atoms with Crippen LogP contribution in [0.4, 0.5) is 0 Å². The van der Waals surface area contributed by atoms with Gasteiger partial charge in [0.1, 0.15) is 6.04 Å². The van der Waals surface area contributed by atoms with E-state index in [-0.39, 0.29) is 18.1 Å². The van der Waals surface area contributed by atoms with Gasteiger partial charge >= 0.3 is 5.97 Å². The van der Waals surface area contributed by atoms with E-state index in [2.05, 4.69) is 5.32 Å². The summed E-state index contributed by atoms with van der Waals surface area (Å²) >= 11 is 0. The molecule has 18 heavy (non-hydrogen) atoms. The summed E-state index contributed by atoms with van der Waals surface area (Å²) in [6.07, 6.45) is 2.99. The number of hydrogen-bond donors (Lipinski definition) is 1. The van der Waals surface area contributed by atoms with Crippen molar-refractivity contribution in [1.82, 2.24) is 5.32 Å². The molecule has 1 rings (SSSR count). The van der Waals surface area contributed by atoms with Gasteiger partial charge in [-0.05, 0) is 33.1 Å². The normalized spacial score (nSPS) is 18.4. The Morgan fingerprint density at radius 3 is 2.72 bits per heavy atom. The number of carbonyl (C=O) groups excluding carboxylic acids is 1. The summed E-state index contributed by atoms with van der Waals surface area (Å²) in [5, 5.41) is 3.27. The predicted octanol–water partition coefficient (Wildman–Crippen LogP) is 1.11. The van der Waals surface area contributed by atoms with Crippen LogP contribution in [0.15, 0.2) is 0 Å². The Balaban J connectivity index is 2.17. The molecular weight excluding hydrogens is 234 g/mol. The first-order valence-electron chi connectivity index (χ1n) is 6.70. The Morgan fingerprint density at radius 2 is 2.17 bits per heavy atom. The van der Waals surface area contributed by atoms with Crippen LogP contribution in [0.5, 0.6) is 0 Å². The molecule has 0 bridgehead atoms. The monoisotopic (exact) mass is 259 g/mol. The van der Waals surface area contributed by atoms with Crippen molar-refractivity contribution < 1.29 is 19.0 Å². The maximum atomic E-state index is 11.6. The fraction of sp³-hybridized carbons (Fsp3) is 0.923. The first-order chi connectivity index (χ1) is 8.67. The standard InChI is InChI=1S/C13H25NO4/c1-4-17-9-10(2)18-8-7-12(13(15)16-3)14-11-5-6-11/h10-12,14H,4-9H2,1-3H3. The van der Waals surface area contributed by atoms with E-state index in [0.717, 1.165) is 12.8 Å². The van der Waals surface area contributed by atoms with Crippen LogP contribution in [0.1, 0.15) is 33.1 Å². The van der Waals surface area contributed by atoms with Crippen molar-refractivity contribution in [3.63, 3.8) is 0 Å². The van der Waals surface area contributed by atoms with E-state index in [1.54, 1.807) is 0 Å². The molecule has 5 nitrogen and oxygen atoms in total. The molecule has 1 fully saturated rings. The molecule has 0 saturated heterocycles. The Bertz CT molecular complexity index is 243. The van der Waals surface area contributed by atoms with Crippen molar-refractivity contribution in [3.05, 3.63) is 0 Å². The van der Waals surface area contributed by atoms with Gasteiger partial charge in [0.2, 0.25) is 0 Å². The van der Waals surface area contributed by atoms with Gasteiger partial charge in [-0.1, -0.05) is 0 Å². The molecule has 1 N–H and O–H groups in total. The van der Waals surface area contributed by atoms with Crippen molar-refractivity contribution in [2.75, 3.05) is 26.9 Å². The molecule has 1 aliphatic rings. The molecule has 0 radical (unpaired) electrons. The van der Waals surface area contributed by atoms with E-state index in [0.29, 0.717) is 32.3 Å². The lowest BCUT2D eigenvalue weighted by atomic mass is 10.2. The molecule has 0 aliphatic heterocycles. The van der Waals surface area contributed by atoms with Crippen LogP contribution in [0, 0.1) is 0 Å². The highest BCUT2D eigenvalue weighted by atomic mass is 16.5. The van der Waals surface area contributed by atoms with Crippen molar-refractivity contribution in [2.24, 2.45) is 0 Å². The number of rotatable bonds is 10. The SMILES string of the molecule is CCOCC(C)OCCC(NC1CC1)C(=O)OC. The maximum Gasteiger partial charge on any atom is 0.322 e. The smallest absolute Gasteiger partial charge is 0.322 e. The first kappa shape index (κ1) is 15.4. The summed E-state index contributed by atoms with van der Waals surface area (Å²) in [5.41, 5.74) is 0. The van der Waals surface area contributed by atoms with E-state index in [1.165, 1.54) is 7.11 Å². The molecule has 5 heteroatoms. The zero-order valence-electron chi connectivity index (χ0n) is 11.6. The Kier molecular flexibility index (Phi) is 7.23. The van der Waals surface area contributed by atoms with Crippen LogP contribution in [-0.2, 0) is 19.0 Å². The van der Waals surface area contributed by atoms with Gasteiger partial charge in [0.05, 0.1) is 19.8 Å². The topological polar surface area (TPSA) is 56.8 Å². The van der Waals surface area contributed by atoms with Gasteiger partial charge in [-0.3, -0.25) is 4.79 Å². The van der Waals surface area contributed by atoms with Gasteiger partial charge in [-0.25, -0.2) is 0 Å². The van der Waals surface area contributed by atoms with Crippen LogP contribution < -0.4 is 5.32 Å². The summed E-state index contributed by atoms with van der Waals surface area (Å²) in [5.74, 6) is -0.206. The minimum Gasteiger partial charge on any atom is -0.468 e. The van der Waals surface area contributed by atoms with Crippen molar-refractivity contribution in [3.8, 4) is 0 Å². The van der Waals surface area contributed by atoms with Gasteiger partial charge < -0.3 is 19.5 Å². The summed E-state index contributed by atoms with van der Waals surface area (Å²) in [4.78, 5) is 11.6. The second-order valence-corrected chi connectivity index (χ2v) is 4.65. The van der Waals surface area contributed by atoms with Crippen molar-refractivity contribution in [2.45, 2.75) is 51.3 Å². The Labute approximate surface area is 109 Å². The van der Waals surface area contributed by atoms with Crippen LogP contribution in [0.25, 0.3) is 0 Å². The Hall–Kier alpha value is -0.650. The minimum absolute atomic E-state index is 0.0594. The molecule has 106 valence electrons. The second kappa shape index (κ2) is 8.45. The molecular formula is C13H25NO4. The minimum atomic E-state index is -0.248. The fourth-order valence-corrected chi connectivity index (χ4v) is 1.67. The van der Waals surface area contributed by atoms with Gasteiger partial charge in [0.15, 0.2) is 0 Å². The second-order valence-electron chi connectivity index (χ2n) is 4.65. The van der Waals surface area contributed by atoms with E-state index >= 15 is 0 Å². The average molecular weight is 259 g/mol. The zero-order chi connectivity index (χ0) is 13.4. The summed E-state index contributed by atoms with van der Waals surface area (Å²) < 4.78 is 15.6. The third-order valence-corrected chi connectivity index (χ3v) is 2.87. The van der Waals surface area contributed by atoms with Crippen molar-refractivity contribution >= 4 is 5.97 Å². The average Bonchev–Trinajstić information content (AvgIpc) is 3.18. The van der Waals surface area contributed by atoms with Gasteiger partial charge in [-0.15, -0.1) is 0 Å². The van der Waals surface area contributed by atoms with Gasteiger partial charge in [0.25, 0.3) is 0 Å². The number of carbonyl (C=O) groups is 1. The van der Waals surface area contributed by atoms with Crippen LogP contribution in [-0.4, -0.2) is 51.1 Å². The third kappa shape index (κ3) is 6.33. The van der Waals surface area contributed by atoms with Crippen LogP contribution in [0.2, 0.25) is 0 Å². The predicted molar refractivity (Wildman–Crippen MR) is 68.5 cm³/mol. The zero-order valence-corrected chi connectivity index (χ0v) is 11.6. The van der Waals surface area contributed by atoms with Gasteiger partial charge in [0, 0.05) is 19.3 Å². The largest absolute Gasteiger partial charge is 0.468 e. The highest BCUT2D eigenvalue weighted by molar-refractivity contribution is 5.75. The highest BCUT2D eigenvalue weighted by Crippen LogP contribution is 2.20. The number of methoxy groups -OCH3 is 1. The molecule has 1 aliphatic carbocycles. The molecule has 2 unspecified atom stereocenters. The molecule has 1 saturated carbocycles. The summed E-state index contributed by atoms with van der Waals surface area (Å²) in [6.45, 7) is 5.75. The molecule has 0 aromatic rings. The van der Waals surface area contributed by atoms with Gasteiger partial charge in [-0.2, -0.15) is 0 Å². The van der Waals surface area contributed by atoms with E-state index in [1.807, 2.05) is 13.8 Å². The van der Waals surface area contributed by atoms with Crippen LogP contribution >= 0.6 is 0 Å². The number of esters is 1. The van der Waals surface area contributed by atoms with E-state index in [9.17, 15) is 4.79 Å². The number of nitrogens with one attached hydrogen (secondary N) is 1. The molecule has 0 heterocycles. The molecule has 0 amide bonds. The molecule has 2 atom stereocenters. The molecule has 0 spiro atoms. The number of ether oxygens (including phenoxy) is 3. The fourth-order valence-electron chi connectivity index (χ4n) is 1.67. The summed E-state index contributed by atoms with van der Waals surface area (Å²) in [6, 6.07) is 0.233. The lowest BCUT2D eigenvalue weighted by Gasteiger charge is -2.18. The first-order valence-corrected chi connectivity index (χ1v) is 6.70. The van der Waals surface area contributed by atoms with E-state index < -0.39 is 0 Å². The Morgan fingerprint density at radius 1 is 1.44 bits per heavy atom. The maximum absolute atomic E-state index is 11.6. The highest BCUT2D eigenvalue weighted by Gasteiger charge is 2.28. The van der Waals surface area contributed by atoms with Crippen LogP contribution in [0.3, 0.4) is 0 Å². The molecule has 0 aromatic heterocycles. The van der Waals surface area contributed by atoms with E-state index in [4.69, 9.17) is 14.2 Å². The summed E-state index contributed by atoms with van der Waals surface area (Å²) in [7, 11) is 1.42. The van der Waals surface area contributed by atoms with Crippen molar-refractivity contribution in [1.29, 1.82) is 0 Å².